The highest BCUT2D eigenvalue weighted by Crippen LogP contribution is 2.45. The lowest BCUT2D eigenvalue weighted by molar-refractivity contribution is -0.132. The largest absolute Gasteiger partial charge is 0.507 e. The zero-order chi connectivity index (χ0) is 27.0. The molecule has 10 heteroatoms. The maximum Gasteiger partial charge on any atom is 0.301 e. The molecule has 5 rings (SSSR count). The number of amides is 1. The highest BCUT2D eigenvalue weighted by Gasteiger charge is 2.48. The number of aliphatic hydroxyl groups excluding tert-OH is 1. The van der Waals surface area contributed by atoms with Gasteiger partial charge in [-0.3, -0.25) is 14.5 Å². The van der Waals surface area contributed by atoms with Gasteiger partial charge in [0.05, 0.1) is 35.0 Å². The van der Waals surface area contributed by atoms with Crippen LogP contribution in [0.3, 0.4) is 0 Å². The predicted octanol–water partition coefficient (Wildman–Crippen LogP) is 5.56. The van der Waals surface area contributed by atoms with E-state index in [1.54, 1.807) is 37.3 Å². The summed E-state index contributed by atoms with van der Waals surface area (Å²) in [5, 5.41) is 21.7. The van der Waals surface area contributed by atoms with E-state index < -0.39 is 23.5 Å². The quantitative estimate of drug-likeness (QED) is 0.181. The molecular formula is C28H23FN2O6S. The number of halogens is 1. The van der Waals surface area contributed by atoms with E-state index >= 15 is 0 Å². The second kappa shape index (κ2) is 10.1. The third kappa shape index (κ3) is 4.43. The minimum Gasteiger partial charge on any atom is -0.507 e. The Morgan fingerprint density at radius 1 is 1.03 bits per heavy atom. The Morgan fingerprint density at radius 3 is 2.47 bits per heavy atom. The van der Waals surface area contributed by atoms with Gasteiger partial charge in [-0.15, -0.1) is 0 Å². The van der Waals surface area contributed by atoms with Crippen molar-refractivity contribution in [2.24, 2.45) is 0 Å². The summed E-state index contributed by atoms with van der Waals surface area (Å²) in [5.74, 6) is -2.01. The number of nitrogens with zero attached hydrogens (tertiary/aromatic N) is 2. The molecule has 1 amide bonds. The van der Waals surface area contributed by atoms with E-state index in [4.69, 9.17) is 9.47 Å². The number of hydrogen-bond donors (Lipinski definition) is 2. The van der Waals surface area contributed by atoms with Gasteiger partial charge in [-0.05, 0) is 74.0 Å². The number of aromatic hydroxyl groups is 1. The normalized spacial score (nSPS) is 16.8. The van der Waals surface area contributed by atoms with Crippen molar-refractivity contribution >= 4 is 44.1 Å². The van der Waals surface area contributed by atoms with Gasteiger partial charge in [0, 0.05) is 5.56 Å². The second-order valence-corrected chi connectivity index (χ2v) is 9.40. The van der Waals surface area contributed by atoms with Crippen LogP contribution in [0, 0.1) is 5.82 Å². The van der Waals surface area contributed by atoms with Crippen molar-refractivity contribution in [2.45, 2.75) is 19.9 Å². The highest BCUT2D eigenvalue weighted by atomic mass is 32.1. The SMILES string of the molecule is CCOc1ccc(C(O)=C2C(=O)C(=O)N(c3nc4ccc(F)cc4s3)C2c2ccc(O)c(OCC)c2)cc1. The number of ether oxygens (including phenoxy) is 2. The van der Waals surface area contributed by atoms with E-state index in [-0.39, 0.29) is 34.6 Å². The van der Waals surface area contributed by atoms with E-state index in [1.807, 2.05) is 6.92 Å². The summed E-state index contributed by atoms with van der Waals surface area (Å²) in [7, 11) is 0. The molecule has 3 aromatic carbocycles. The fraction of sp³-hybridized carbons (Fsp3) is 0.179. The Hall–Kier alpha value is -4.44. The van der Waals surface area contributed by atoms with Crippen LogP contribution in [-0.2, 0) is 9.59 Å². The number of hydrogen-bond acceptors (Lipinski definition) is 8. The van der Waals surface area contributed by atoms with Gasteiger partial charge in [-0.1, -0.05) is 17.4 Å². The minimum atomic E-state index is -1.09. The number of benzene rings is 3. The predicted molar refractivity (Wildman–Crippen MR) is 141 cm³/mol. The topological polar surface area (TPSA) is 109 Å². The Kier molecular flexibility index (Phi) is 6.73. The van der Waals surface area contributed by atoms with Gasteiger partial charge in [0.1, 0.15) is 17.3 Å². The molecule has 0 saturated carbocycles. The molecule has 4 aromatic rings. The first-order valence-corrected chi connectivity index (χ1v) is 12.7. The van der Waals surface area contributed by atoms with Crippen LogP contribution in [0.1, 0.15) is 31.0 Å². The van der Waals surface area contributed by atoms with E-state index in [0.717, 1.165) is 11.3 Å². The van der Waals surface area contributed by atoms with Crippen LogP contribution < -0.4 is 14.4 Å². The van der Waals surface area contributed by atoms with Crippen molar-refractivity contribution in [2.75, 3.05) is 18.1 Å². The molecule has 0 radical (unpaired) electrons. The Morgan fingerprint density at radius 2 is 1.76 bits per heavy atom. The van der Waals surface area contributed by atoms with Crippen LogP contribution >= 0.6 is 11.3 Å². The fourth-order valence-corrected chi connectivity index (χ4v) is 5.35. The number of fused-ring (bicyclic) bond motifs is 1. The number of aliphatic hydroxyl groups is 1. The van der Waals surface area contributed by atoms with Crippen molar-refractivity contribution in [3.8, 4) is 17.2 Å². The van der Waals surface area contributed by atoms with Gasteiger partial charge in [-0.25, -0.2) is 9.37 Å². The molecule has 1 aromatic heterocycles. The number of carbonyl (C=O) groups is 2. The molecule has 1 unspecified atom stereocenters. The van der Waals surface area contributed by atoms with E-state index in [0.29, 0.717) is 33.7 Å². The molecule has 0 aliphatic carbocycles. The van der Waals surface area contributed by atoms with E-state index in [9.17, 15) is 24.2 Å². The van der Waals surface area contributed by atoms with Crippen molar-refractivity contribution in [1.82, 2.24) is 4.98 Å². The first kappa shape index (κ1) is 25.2. The molecule has 1 atom stereocenters. The molecule has 1 saturated heterocycles. The number of carbonyl (C=O) groups excluding carboxylic acids is 2. The molecule has 2 heterocycles. The fourth-order valence-electron chi connectivity index (χ4n) is 4.34. The number of phenolic OH excluding ortho intramolecular Hbond substituents is 1. The molecule has 1 aliphatic heterocycles. The molecular weight excluding hydrogens is 511 g/mol. The number of Topliss-reactive ketones (excluding diaryl/α,β-unsaturated/α-hetero) is 1. The van der Waals surface area contributed by atoms with Crippen LogP contribution in [0.2, 0.25) is 0 Å². The van der Waals surface area contributed by atoms with Crippen LogP contribution in [0.25, 0.3) is 16.0 Å². The summed E-state index contributed by atoms with van der Waals surface area (Å²) >= 11 is 1.05. The smallest absolute Gasteiger partial charge is 0.301 e. The Bertz CT molecular complexity index is 1580. The van der Waals surface area contributed by atoms with Crippen LogP contribution in [-0.4, -0.2) is 40.1 Å². The summed E-state index contributed by atoms with van der Waals surface area (Å²) in [5.41, 5.74) is 1.02. The third-order valence-corrected chi connectivity index (χ3v) is 7.05. The number of ketones is 1. The van der Waals surface area contributed by atoms with Crippen molar-refractivity contribution in [3.05, 3.63) is 83.2 Å². The molecule has 1 fully saturated rings. The number of anilines is 1. The zero-order valence-electron chi connectivity index (χ0n) is 20.5. The molecule has 1 aliphatic rings. The number of rotatable bonds is 7. The van der Waals surface area contributed by atoms with Crippen molar-refractivity contribution in [1.29, 1.82) is 0 Å². The molecule has 0 spiro atoms. The van der Waals surface area contributed by atoms with E-state index in [2.05, 4.69) is 4.98 Å². The molecule has 194 valence electrons. The number of aromatic nitrogens is 1. The molecule has 0 bridgehead atoms. The van der Waals surface area contributed by atoms with E-state index in [1.165, 1.54) is 35.2 Å². The average Bonchev–Trinajstić information content (AvgIpc) is 3.43. The first-order chi connectivity index (χ1) is 18.3. The third-order valence-electron chi connectivity index (χ3n) is 6.03. The maximum atomic E-state index is 13.8. The first-order valence-electron chi connectivity index (χ1n) is 11.9. The van der Waals surface area contributed by atoms with Crippen LogP contribution in [0.4, 0.5) is 9.52 Å². The van der Waals surface area contributed by atoms with Gasteiger partial charge >= 0.3 is 5.91 Å². The van der Waals surface area contributed by atoms with Gasteiger partial charge in [0.15, 0.2) is 16.6 Å². The molecule has 8 nitrogen and oxygen atoms in total. The van der Waals surface area contributed by atoms with Gasteiger partial charge in [0.25, 0.3) is 5.78 Å². The lowest BCUT2D eigenvalue weighted by Crippen LogP contribution is -2.29. The standard InChI is InChI=1S/C28H23FN2O6S/c1-3-36-18-9-5-15(6-10-18)25(33)23-24(16-7-12-20(32)21(13-16)37-4-2)31(27(35)26(23)34)28-30-19-11-8-17(29)14-22(19)38-28/h5-14,24,32-33H,3-4H2,1-2H3. The van der Waals surface area contributed by atoms with Gasteiger partial charge < -0.3 is 19.7 Å². The average molecular weight is 535 g/mol. The van der Waals surface area contributed by atoms with Gasteiger partial charge in [-0.2, -0.15) is 0 Å². The summed E-state index contributed by atoms with van der Waals surface area (Å²) in [6, 6.07) is 13.9. The lowest BCUT2D eigenvalue weighted by atomic mass is 9.95. The van der Waals surface area contributed by atoms with Gasteiger partial charge in [0.2, 0.25) is 0 Å². The van der Waals surface area contributed by atoms with Crippen molar-refractivity contribution in [3.63, 3.8) is 0 Å². The second-order valence-electron chi connectivity index (χ2n) is 8.40. The van der Waals surface area contributed by atoms with Crippen LogP contribution in [0.15, 0.2) is 66.2 Å². The lowest BCUT2D eigenvalue weighted by Gasteiger charge is -2.23. The molecule has 2 N–H and O–H groups in total. The Balaban J connectivity index is 1.70. The van der Waals surface area contributed by atoms with Crippen LogP contribution in [0.5, 0.6) is 17.2 Å². The summed E-state index contributed by atoms with van der Waals surface area (Å²) in [6.45, 7) is 4.34. The summed E-state index contributed by atoms with van der Waals surface area (Å²) in [4.78, 5) is 32.5. The number of phenols is 1. The summed E-state index contributed by atoms with van der Waals surface area (Å²) in [6.07, 6.45) is 0. The Labute approximate surface area is 221 Å². The maximum absolute atomic E-state index is 13.8. The highest BCUT2D eigenvalue weighted by molar-refractivity contribution is 7.22. The molecule has 38 heavy (non-hydrogen) atoms. The monoisotopic (exact) mass is 534 g/mol. The number of thiazole rings is 1. The summed E-state index contributed by atoms with van der Waals surface area (Å²) < 4.78 is 25.3. The minimum absolute atomic E-state index is 0.116. The van der Waals surface area contributed by atoms with Crippen molar-refractivity contribution < 1.29 is 33.7 Å². The zero-order valence-corrected chi connectivity index (χ0v) is 21.3.